The Balaban J connectivity index is 1.62. The van der Waals surface area contributed by atoms with Gasteiger partial charge in [0.2, 0.25) is 0 Å². The summed E-state index contributed by atoms with van der Waals surface area (Å²) in [5.74, 6) is 1.38. The van der Waals surface area contributed by atoms with Crippen LogP contribution in [0.1, 0.15) is 11.1 Å². The molecule has 4 heteroatoms. The van der Waals surface area contributed by atoms with Gasteiger partial charge in [0.15, 0.2) is 0 Å². The number of ether oxygens (including phenoxy) is 1. The Labute approximate surface area is 133 Å². The predicted octanol–water partition coefficient (Wildman–Crippen LogP) is 5.13. The maximum Gasteiger partial charge on any atom is 0.123 e. The molecule has 1 aromatic heterocycles. The van der Waals surface area contributed by atoms with Crippen molar-refractivity contribution in [1.82, 2.24) is 4.98 Å². The van der Waals surface area contributed by atoms with Crippen LogP contribution >= 0.6 is 22.9 Å². The highest BCUT2D eigenvalue weighted by atomic mass is 35.5. The summed E-state index contributed by atoms with van der Waals surface area (Å²) in [4.78, 5) is 4.30. The van der Waals surface area contributed by atoms with E-state index in [1.807, 2.05) is 35.8 Å². The molecule has 3 aromatic rings. The molecule has 0 unspecified atom stereocenters. The molecule has 0 aliphatic heterocycles. The molecule has 0 amide bonds. The van der Waals surface area contributed by atoms with E-state index in [-0.39, 0.29) is 0 Å². The average Bonchev–Trinajstić information content (AvgIpc) is 3.08. The van der Waals surface area contributed by atoms with Crippen molar-refractivity contribution < 1.29 is 4.74 Å². The van der Waals surface area contributed by atoms with Gasteiger partial charge in [0.1, 0.15) is 17.4 Å². The summed E-state index contributed by atoms with van der Waals surface area (Å²) >= 11 is 7.41. The van der Waals surface area contributed by atoms with Gasteiger partial charge in [-0.05, 0) is 23.3 Å². The average molecular weight is 316 g/mol. The van der Waals surface area contributed by atoms with Crippen LogP contribution in [-0.2, 0) is 12.5 Å². The normalized spacial score (nSPS) is 10.5. The Hall–Kier alpha value is -1.84. The first-order chi connectivity index (χ1) is 10.3. The number of halogens is 1. The van der Waals surface area contributed by atoms with E-state index in [9.17, 15) is 0 Å². The van der Waals surface area contributed by atoms with E-state index in [4.69, 9.17) is 16.3 Å². The van der Waals surface area contributed by atoms with Crippen molar-refractivity contribution in [2.45, 2.75) is 12.5 Å². The molecule has 0 bridgehead atoms. The fourth-order valence-electron chi connectivity index (χ4n) is 1.95. The minimum Gasteiger partial charge on any atom is -0.489 e. The van der Waals surface area contributed by atoms with Gasteiger partial charge in [-0.1, -0.05) is 36.4 Å². The first-order valence-corrected chi connectivity index (χ1v) is 8.03. The molecule has 0 N–H and O–H groups in total. The van der Waals surface area contributed by atoms with Crippen molar-refractivity contribution in [2.24, 2.45) is 0 Å². The summed E-state index contributed by atoms with van der Waals surface area (Å²) in [6.07, 6.45) is 1.82. The van der Waals surface area contributed by atoms with Gasteiger partial charge in [0, 0.05) is 23.0 Å². The molecule has 0 saturated heterocycles. The summed E-state index contributed by atoms with van der Waals surface area (Å²) in [7, 11) is 0. The number of thiazole rings is 1. The van der Waals surface area contributed by atoms with Crippen molar-refractivity contribution in [3.63, 3.8) is 0 Å². The summed E-state index contributed by atoms with van der Waals surface area (Å²) < 4.78 is 5.77. The number of rotatable bonds is 5. The van der Waals surface area contributed by atoms with Crippen molar-refractivity contribution in [2.75, 3.05) is 0 Å². The topological polar surface area (TPSA) is 22.1 Å². The largest absolute Gasteiger partial charge is 0.489 e. The molecular formula is C17H14ClNOS. The minimum atomic E-state index is 0.526. The van der Waals surface area contributed by atoms with Crippen molar-refractivity contribution in [1.29, 1.82) is 0 Å². The zero-order valence-corrected chi connectivity index (χ0v) is 12.9. The number of alkyl halides is 1. The minimum absolute atomic E-state index is 0.526. The molecule has 2 aromatic carbocycles. The fourth-order valence-corrected chi connectivity index (χ4v) is 2.77. The van der Waals surface area contributed by atoms with Gasteiger partial charge in [-0.25, -0.2) is 4.98 Å². The highest BCUT2D eigenvalue weighted by Crippen LogP contribution is 2.22. The Kier molecular flexibility index (Phi) is 4.53. The molecule has 0 atom stereocenters. The number of nitrogens with zero attached hydrogens (tertiary/aromatic N) is 1. The third kappa shape index (κ3) is 3.63. The molecular weight excluding hydrogens is 302 g/mol. The summed E-state index contributed by atoms with van der Waals surface area (Å²) in [5, 5.41) is 3.02. The van der Waals surface area contributed by atoms with E-state index in [2.05, 4.69) is 29.2 Å². The SMILES string of the molecule is ClCc1ccc(OCc2ccc(-c3nccs3)cc2)cc1. The lowest BCUT2D eigenvalue weighted by Gasteiger charge is -2.07. The quantitative estimate of drug-likeness (QED) is 0.609. The Morgan fingerprint density at radius 2 is 1.67 bits per heavy atom. The Bertz CT molecular complexity index is 678. The molecule has 3 rings (SSSR count). The first kappa shape index (κ1) is 14.1. The highest BCUT2D eigenvalue weighted by molar-refractivity contribution is 7.13. The Morgan fingerprint density at radius 3 is 2.29 bits per heavy atom. The summed E-state index contributed by atoms with van der Waals surface area (Å²) in [5.41, 5.74) is 3.37. The van der Waals surface area contributed by atoms with Gasteiger partial charge in [0.25, 0.3) is 0 Å². The van der Waals surface area contributed by atoms with Crippen molar-refractivity contribution in [3.8, 4) is 16.3 Å². The van der Waals surface area contributed by atoms with Gasteiger partial charge in [-0.2, -0.15) is 0 Å². The summed E-state index contributed by atoms with van der Waals surface area (Å²) in [6.45, 7) is 0.554. The molecule has 0 aliphatic rings. The van der Waals surface area contributed by atoms with E-state index >= 15 is 0 Å². The molecule has 106 valence electrons. The highest BCUT2D eigenvalue weighted by Gasteiger charge is 2.01. The molecule has 0 radical (unpaired) electrons. The molecule has 0 aliphatic carbocycles. The maximum atomic E-state index is 5.77. The monoisotopic (exact) mass is 315 g/mol. The molecule has 0 saturated carbocycles. The number of hydrogen-bond donors (Lipinski definition) is 0. The lowest BCUT2D eigenvalue weighted by molar-refractivity contribution is 0.306. The van der Waals surface area contributed by atoms with Gasteiger partial charge >= 0.3 is 0 Å². The fraction of sp³-hybridized carbons (Fsp3) is 0.118. The van der Waals surface area contributed by atoms with E-state index in [1.165, 1.54) is 0 Å². The van der Waals surface area contributed by atoms with Crippen LogP contribution in [0.3, 0.4) is 0 Å². The second-order valence-corrected chi connectivity index (χ2v) is 5.76. The van der Waals surface area contributed by atoms with E-state index < -0.39 is 0 Å². The van der Waals surface area contributed by atoms with Crippen LogP contribution in [0.5, 0.6) is 5.75 Å². The third-order valence-electron chi connectivity index (χ3n) is 3.12. The third-order valence-corrected chi connectivity index (χ3v) is 4.25. The second-order valence-electron chi connectivity index (χ2n) is 4.60. The van der Waals surface area contributed by atoms with Crippen LogP contribution < -0.4 is 4.74 Å². The molecule has 21 heavy (non-hydrogen) atoms. The van der Waals surface area contributed by atoms with E-state index in [1.54, 1.807) is 11.3 Å². The maximum absolute atomic E-state index is 5.77. The first-order valence-electron chi connectivity index (χ1n) is 6.61. The standard InChI is InChI=1S/C17H14ClNOS/c18-11-13-3-7-16(8-4-13)20-12-14-1-5-15(6-2-14)17-19-9-10-21-17/h1-10H,11-12H2. The molecule has 0 spiro atoms. The summed E-state index contributed by atoms with van der Waals surface area (Å²) in [6, 6.07) is 16.2. The Morgan fingerprint density at radius 1 is 0.952 bits per heavy atom. The number of benzene rings is 2. The van der Waals surface area contributed by atoms with Crippen LogP contribution in [-0.4, -0.2) is 4.98 Å². The lowest BCUT2D eigenvalue weighted by atomic mass is 10.1. The van der Waals surface area contributed by atoms with Gasteiger partial charge in [-0.15, -0.1) is 22.9 Å². The number of aromatic nitrogens is 1. The zero-order valence-electron chi connectivity index (χ0n) is 11.3. The van der Waals surface area contributed by atoms with E-state index in [0.717, 1.165) is 27.4 Å². The zero-order chi connectivity index (χ0) is 14.5. The molecule has 0 fully saturated rings. The molecule has 1 heterocycles. The number of hydrogen-bond acceptors (Lipinski definition) is 3. The smallest absolute Gasteiger partial charge is 0.123 e. The predicted molar refractivity (Wildman–Crippen MR) is 87.9 cm³/mol. The van der Waals surface area contributed by atoms with Crippen LogP contribution in [0.2, 0.25) is 0 Å². The van der Waals surface area contributed by atoms with Gasteiger partial charge in [-0.3, -0.25) is 0 Å². The second kappa shape index (κ2) is 6.74. The molecule has 2 nitrogen and oxygen atoms in total. The van der Waals surface area contributed by atoms with E-state index in [0.29, 0.717) is 12.5 Å². The lowest BCUT2D eigenvalue weighted by Crippen LogP contribution is -1.95. The van der Waals surface area contributed by atoms with Crippen LogP contribution in [0.4, 0.5) is 0 Å². The van der Waals surface area contributed by atoms with Crippen LogP contribution in [0.15, 0.2) is 60.1 Å². The van der Waals surface area contributed by atoms with Gasteiger partial charge in [0.05, 0.1) is 0 Å². The van der Waals surface area contributed by atoms with Crippen LogP contribution in [0.25, 0.3) is 10.6 Å². The van der Waals surface area contributed by atoms with Crippen molar-refractivity contribution in [3.05, 3.63) is 71.2 Å². The van der Waals surface area contributed by atoms with Crippen LogP contribution in [0, 0.1) is 0 Å². The van der Waals surface area contributed by atoms with Crippen molar-refractivity contribution >= 4 is 22.9 Å². The van der Waals surface area contributed by atoms with Gasteiger partial charge < -0.3 is 4.74 Å².